The van der Waals surface area contributed by atoms with Gasteiger partial charge in [0, 0.05) is 10.6 Å². The third-order valence-corrected chi connectivity index (χ3v) is 6.34. The third kappa shape index (κ3) is 9.78. The highest BCUT2D eigenvalue weighted by atomic mass is 35.6. The second-order valence-corrected chi connectivity index (χ2v) is 11.4. The van der Waals surface area contributed by atoms with Crippen molar-refractivity contribution in [2.45, 2.75) is 33.6 Å². The number of hydrogen-bond acceptors (Lipinski definition) is 5. The van der Waals surface area contributed by atoms with Crippen molar-refractivity contribution < 1.29 is 32.2 Å². The predicted octanol–water partition coefficient (Wildman–Crippen LogP) is 7.81. The van der Waals surface area contributed by atoms with Gasteiger partial charge in [-0.05, 0) is 47.0 Å². The molecule has 3 aromatic rings. The van der Waals surface area contributed by atoms with Gasteiger partial charge in [-0.2, -0.15) is 13.2 Å². The lowest BCUT2D eigenvalue weighted by Crippen LogP contribution is -2.18. The van der Waals surface area contributed by atoms with Crippen molar-refractivity contribution in [1.82, 2.24) is 0 Å². The minimum Gasteiger partial charge on any atom is -0.461 e. The number of rotatable bonds is 9. The van der Waals surface area contributed by atoms with Crippen LogP contribution in [0.25, 0.3) is 0 Å². The molecule has 3 rings (SSSR count). The number of alkyl halides is 6. The number of carbonyl (C=O) groups excluding carboxylic acids is 2. The van der Waals surface area contributed by atoms with Crippen LogP contribution in [-0.2, 0) is 39.2 Å². The molecule has 0 radical (unpaired) electrons. The van der Waals surface area contributed by atoms with Crippen LogP contribution in [0.4, 0.5) is 13.2 Å². The first-order valence-corrected chi connectivity index (χ1v) is 12.9. The summed E-state index contributed by atoms with van der Waals surface area (Å²) in [6.07, 6.45) is -4.40. The first kappa shape index (κ1) is 29.2. The molecule has 3 aromatic carbocycles. The molecule has 4 nitrogen and oxygen atoms in total. The van der Waals surface area contributed by atoms with Crippen LogP contribution in [0.5, 0.6) is 0 Å². The van der Waals surface area contributed by atoms with Gasteiger partial charge >= 0.3 is 18.1 Å². The number of carbonyl (C=O) groups is 2. The average molecular weight is 592 g/mol. The van der Waals surface area contributed by atoms with E-state index < -0.39 is 27.5 Å². The Morgan fingerprint density at radius 3 is 2.05 bits per heavy atom. The molecule has 0 heterocycles. The number of hydrogen-bond donors (Lipinski definition) is 0. The molecular weight excluding hydrogens is 572 g/mol. The van der Waals surface area contributed by atoms with E-state index in [1.807, 2.05) is 12.1 Å². The Kier molecular flexibility index (Phi) is 10.2. The molecule has 0 amide bonds. The van der Waals surface area contributed by atoms with Gasteiger partial charge in [0.15, 0.2) is 0 Å². The second kappa shape index (κ2) is 12.9. The van der Waals surface area contributed by atoms with Crippen molar-refractivity contribution >= 4 is 58.5 Å². The SMILES string of the molecule is O=C(Cc1ccc(SCc2ccccc2C(=O)OCC(Cl)(Cl)Cl)cc1)OCc1ccc(C(F)(F)F)cc1. The minimum absolute atomic E-state index is 0.0173. The Balaban J connectivity index is 1.49. The first-order chi connectivity index (χ1) is 17.4. The Morgan fingerprint density at radius 2 is 1.43 bits per heavy atom. The molecule has 0 saturated heterocycles. The topological polar surface area (TPSA) is 52.6 Å². The molecule has 37 heavy (non-hydrogen) atoms. The van der Waals surface area contributed by atoms with Gasteiger partial charge in [0.05, 0.1) is 17.5 Å². The smallest absolute Gasteiger partial charge is 0.416 e. The summed E-state index contributed by atoms with van der Waals surface area (Å²) in [6, 6.07) is 18.7. The number of halogens is 6. The summed E-state index contributed by atoms with van der Waals surface area (Å²) in [4.78, 5) is 25.4. The van der Waals surface area contributed by atoms with Crippen LogP contribution < -0.4 is 0 Å². The van der Waals surface area contributed by atoms with Crippen molar-refractivity contribution in [3.63, 3.8) is 0 Å². The molecule has 11 heteroatoms. The third-order valence-electron chi connectivity index (χ3n) is 4.95. The van der Waals surface area contributed by atoms with Crippen LogP contribution >= 0.6 is 46.6 Å². The molecule has 0 unspecified atom stereocenters. The van der Waals surface area contributed by atoms with E-state index in [0.717, 1.165) is 28.2 Å². The summed E-state index contributed by atoms with van der Waals surface area (Å²) >= 11 is 18.4. The largest absolute Gasteiger partial charge is 0.461 e. The minimum atomic E-state index is -4.41. The Hall–Kier alpha value is -2.39. The lowest BCUT2D eigenvalue weighted by atomic mass is 10.1. The van der Waals surface area contributed by atoms with Crippen molar-refractivity contribution in [1.29, 1.82) is 0 Å². The molecule has 0 atom stereocenters. The van der Waals surface area contributed by atoms with Crippen LogP contribution in [0.2, 0.25) is 0 Å². The molecule has 0 spiro atoms. The van der Waals surface area contributed by atoms with Crippen molar-refractivity contribution in [3.8, 4) is 0 Å². The monoisotopic (exact) mass is 590 g/mol. The van der Waals surface area contributed by atoms with E-state index in [4.69, 9.17) is 44.3 Å². The van der Waals surface area contributed by atoms with Crippen LogP contribution in [-0.4, -0.2) is 22.3 Å². The molecule has 0 saturated carbocycles. The zero-order valence-corrected chi connectivity index (χ0v) is 22.1. The van der Waals surface area contributed by atoms with Crippen LogP contribution in [0, 0.1) is 0 Å². The number of ether oxygens (including phenoxy) is 2. The average Bonchev–Trinajstić information content (AvgIpc) is 2.85. The Labute approximate surface area is 231 Å². The Bertz CT molecular complexity index is 1210. The van der Waals surface area contributed by atoms with Crippen molar-refractivity contribution in [3.05, 3.63) is 101 Å². The summed E-state index contributed by atoms with van der Waals surface area (Å²) in [7, 11) is 0. The molecule has 0 aliphatic rings. The normalized spacial score (nSPS) is 11.7. The standard InChI is InChI=1S/C26H20Cl3F3O4S/c27-25(28,29)16-36-24(34)22-4-2-1-3-19(22)15-37-21-11-7-17(8-12-21)13-23(33)35-14-18-5-9-20(10-6-18)26(30,31)32/h1-12H,13-16H2. The summed E-state index contributed by atoms with van der Waals surface area (Å²) in [5.41, 5.74) is 1.54. The van der Waals surface area contributed by atoms with Gasteiger partial charge in [-0.1, -0.05) is 77.3 Å². The van der Waals surface area contributed by atoms with Crippen molar-refractivity contribution in [2.75, 3.05) is 6.61 Å². The van der Waals surface area contributed by atoms with E-state index in [9.17, 15) is 22.8 Å². The van der Waals surface area contributed by atoms with Gasteiger partial charge in [-0.15, -0.1) is 11.8 Å². The summed E-state index contributed by atoms with van der Waals surface area (Å²) in [5.74, 6) is -0.608. The summed E-state index contributed by atoms with van der Waals surface area (Å²) in [6.45, 7) is -0.485. The fraction of sp³-hybridized carbons (Fsp3) is 0.231. The highest BCUT2D eigenvalue weighted by molar-refractivity contribution is 7.98. The van der Waals surface area contributed by atoms with Gasteiger partial charge in [0.1, 0.15) is 13.2 Å². The molecule has 0 bridgehead atoms. The Morgan fingerprint density at radius 1 is 0.811 bits per heavy atom. The fourth-order valence-electron chi connectivity index (χ4n) is 3.11. The second-order valence-electron chi connectivity index (χ2n) is 7.81. The van der Waals surface area contributed by atoms with Gasteiger partial charge in [0.25, 0.3) is 0 Å². The van der Waals surface area contributed by atoms with Gasteiger partial charge in [-0.3, -0.25) is 4.79 Å². The molecule has 0 N–H and O–H groups in total. The van der Waals surface area contributed by atoms with Crippen LogP contribution in [0.3, 0.4) is 0 Å². The van der Waals surface area contributed by atoms with Gasteiger partial charge in [0.2, 0.25) is 3.79 Å². The maximum Gasteiger partial charge on any atom is 0.416 e. The molecular formula is C26H20Cl3F3O4S. The van der Waals surface area contributed by atoms with E-state index in [-0.39, 0.29) is 19.6 Å². The quantitative estimate of drug-likeness (QED) is 0.144. The lowest BCUT2D eigenvalue weighted by molar-refractivity contribution is -0.144. The van der Waals surface area contributed by atoms with E-state index in [1.165, 1.54) is 23.9 Å². The molecule has 0 fully saturated rings. The van der Waals surface area contributed by atoms with E-state index >= 15 is 0 Å². The highest BCUT2D eigenvalue weighted by Gasteiger charge is 2.30. The number of esters is 2. The number of benzene rings is 3. The molecule has 196 valence electrons. The van der Waals surface area contributed by atoms with E-state index in [0.29, 0.717) is 16.9 Å². The predicted molar refractivity (Wildman–Crippen MR) is 138 cm³/mol. The first-order valence-electron chi connectivity index (χ1n) is 10.8. The molecule has 0 aliphatic heterocycles. The van der Waals surface area contributed by atoms with Crippen LogP contribution in [0.1, 0.15) is 32.6 Å². The summed E-state index contributed by atoms with van der Waals surface area (Å²) < 4.78 is 46.5. The maximum absolute atomic E-state index is 12.6. The van der Waals surface area contributed by atoms with Crippen molar-refractivity contribution in [2.24, 2.45) is 0 Å². The summed E-state index contributed by atoms with van der Waals surface area (Å²) in [5, 5.41) is 0. The highest BCUT2D eigenvalue weighted by Crippen LogP contribution is 2.30. The van der Waals surface area contributed by atoms with E-state index in [1.54, 1.807) is 36.4 Å². The van der Waals surface area contributed by atoms with Gasteiger partial charge in [-0.25, -0.2) is 4.79 Å². The van der Waals surface area contributed by atoms with Crippen LogP contribution in [0.15, 0.2) is 77.7 Å². The van der Waals surface area contributed by atoms with Gasteiger partial charge < -0.3 is 9.47 Å². The zero-order chi connectivity index (χ0) is 27.1. The molecule has 0 aromatic heterocycles. The lowest BCUT2D eigenvalue weighted by Gasteiger charge is -2.13. The number of thioether (sulfide) groups is 1. The maximum atomic E-state index is 12.6. The van der Waals surface area contributed by atoms with E-state index in [2.05, 4.69) is 0 Å². The zero-order valence-electron chi connectivity index (χ0n) is 19.1. The molecule has 0 aliphatic carbocycles. The fourth-order valence-corrected chi connectivity index (χ4v) is 4.17.